The Balaban J connectivity index is 2.27. The van der Waals surface area contributed by atoms with Crippen LogP contribution in [0.3, 0.4) is 0 Å². The summed E-state index contributed by atoms with van der Waals surface area (Å²) < 4.78 is 30.7. The number of phenols is 2. The first kappa shape index (κ1) is 17.2. The van der Waals surface area contributed by atoms with Crippen LogP contribution in [0.1, 0.15) is 20.7 Å². The van der Waals surface area contributed by atoms with Crippen molar-refractivity contribution < 1.29 is 37.9 Å². The molecule has 0 unspecified atom stereocenters. The van der Waals surface area contributed by atoms with Crippen molar-refractivity contribution in [2.24, 2.45) is 0 Å². The van der Waals surface area contributed by atoms with Crippen LogP contribution in [-0.2, 0) is 10.1 Å². The SMILES string of the molecule is O=C(O)c1cc(O)c(C(=O)Nc2ccc(S(=O)(=O)O)cc2)cc1O. The van der Waals surface area contributed by atoms with E-state index in [1.54, 1.807) is 0 Å². The Bertz CT molecular complexity index is 919. The largest absolute Gasteiger partial charge is 0.507 e. The second-order valence-electron chi connectivity index (χ2n) is 4.65. The van der Waals surface area contributed by atoms with Gasteiger partial charge < -0.3 is 20.6 Å². The second-order valence-corrected chi connectivity index (χ2v) is 6.07. The molecule has 0 saturated heterocycles. The fraction of sp³-hybridized carbons (Fsp3) is 0. The van der Waals surface area contributed by atoms with Crippen molar-refractivity contribution in [2.45, 2.75) is 4.90 Å². The molecule has 0 aliphatic heterocycles. The Kier molecular flexibility index (Phi) is 4.44. The number of hydrogen-bond donors (Lipinski definition) is 5. The minimum absolute atomic E-state index is 0.147. The molecule has 0 aromatic heterocycles. The lowest BCUT2D eigenvalue weighted by Crippen LogP contribution is -2.13. The highest BCUT2D eigenvalue weighted by molar-refractivity contribution is 7.85. The zero-order valence-electron chi connectivity index (χ0n) is 11.8. The molecule has 0 fully saturated rings. The van der Waals surface area contributed by atoms with Crippen LogP contribution in [-0.4, -0.2) is 40.2 Å². The molecule has 126 valence electrons. The molecule has 9 nitrogen and oxygen atoms in total. The number of carbonyl (C=O) groups excluding carboxylic acids is 1. The molecule has 0 saturated carbocycles. The molecule has 1 amide bonds. The maximum atomic E-state index is 12.1. The number of aromatic carboxylic acids is 1. The number of aromatic hydroxyl groups is 2. The lowest BCUT2D eigenvalue weighted by atomic mass is 10.1. The van der Waals surface area contributed by atoms with Gasteiger partial charge >= 0.3 is 5.97 Å². The first-order valence-corrected chi connectivity index (χ1v) is 7.72. The zero-order chi connectivity index (χ0) is 18.1. The molecule has 0 aliphatic carbocycles. The van der Waals surface area contributed by atoms with Gasteiger partial charge in [-0.3, -0.25) is 9.35 Å². The minimum atomic E-state index is -4.37. The molecule has 0 atom stereocenters. The molecule has 0 spiro atoms. The molecule has 2 aromatic carbocycles. The van der Waals surface area contributed by atoms with E-state index in [9.17, 15) is 28.2 Å². The molecule has 10 heteroatoms. The van der Waals surface area contributed by atoms with Crippen molar-refractivity contribution in [3.63, 3.8) is 0 Å². The van der Waals surface area contributed by atoms with Crippen molar-refractivity contribution in [3.8, 4) is 11.5 Å². The van der Waals surface area contributed by atoms with Crippen LogP contribution in [0.4, 0.5) is 5.69 Å². The molecule has 0 radical (unpaired) electrons. The number of hydrogen-bond acceptors (Lipinski definition) is 6. The summed E-state index contributed by atoms with van der Waals surface area (Å²) in [5.74, 6) is -3.70. The van der Waals surface area contributed by atoms with Gasteiger partial charge in [-0.05, 0) is 36.4 Å². The Morgan fingerprint density at radius 1 is 0.917 bits per heavy atom. The summed E-state index contributed by atoms with van der Waals surface area (Å²) in [6, 6.07) is 6.02. The van der Waals surface area contributed by atoms with E-state index in [1.165, 1.54) is 12.1 Å². The van der Waals surface area contributed by atoms with Crippen LogP contribution in [0, 0.1) is 0 Å². The third kappa shape index (κ3) is 3.62. The summed E-state index contributed by atoms with van der Waals surface area (Å²) in [6.45, 7) is 0. The van der Waals surface area contributed by atoms with Gasteiger partial charge in [0.2, 0.25) is 0 Å². The summed E-state index contributed by atoms with van der Waals surface area (Å²) in [6.07, 6.45) is 0. The molecule has 0 heterocycles. The molecule has 5 N–H and O–H groups in total. The van der Waals surface area contributed by atoms with E-state index in [0.717, 1.165) is 24.3 Å². The van der Waals surface area contributed by atoms with Gasteiger partial charge in [-0.1, -0.05) is 0 Å². The van der Waals surface area contributed by atoms with Gasteiger partial charge in [0.05, 0.1) is 10.5 Å². The first-order valence-electron chi connectivity index (χ1n) is 6.28. The van der Waals surface area contributed by atoms with E-state index in [2.05, 4.69) is 5.32 Å². The fourth-order valence-electron chi connectivity index (χ4n) is 1.84. The van der Waals surface area contributed by atoms with E-state index < -0.39 is 39.1 Å². The molecule has 24 heavy (non-hydrogen) atoms. The monoisotopic (exact) mass is 353 g/mol. The molecule has 0 aliphatic rings. The van der Waals surface area contributed by atoms with E-state index in [1.807, 2.05) is 0 Å². The Morgan fingerprint density at radius 3 is 1.92 bits per heavy atom. The molecule has 0 bridgehead atoms. The quantitative estimate of drug-likeness (QED) is 0.406. The summed E-state index contributed by atoms with van der Waals surface area (Å²) >= 11 is 0. The van der Waals surface area contributed by atoms with Crippen molar-refractivity contribution >= 4 is 27.7 Å². The smallest absolute Gasteiger partial charge is 0.339 e. The summed E-state index contributed by atoms with van der Waals surface area (Å²) in [4.78, 5) is 22.5. The summed E-state index contributed by atoms with van der Waals surface area (Å²) in [5.41, 5.74) is -0.800. The van der Waals surface area contributed by atoms with Crippen LogP contribution in [0.5, 0.6) is 11.5 Å². The van der Waals surface area contributed by atoms with Gasteiger partial charge in [-0.25, -0.2) is 4.79 Å². The number of carbonyl (C=O) groups is 2. The Morgan fingerprint density at radius 2 is 1.42 bits per heavy atom. The summed E-state index contributed by atoms with van der Waals surface area (Å²) in [5, 5.41) is 30.4. The van der Waals surface area contributed by atoms with E-state index in [4.69, 9.17) is 9.66 Å². The molecular weight excluding hydrogens is 342 g/mol. The number of benzene rings is 2. The zero-order valence-corrected chi connectivity index (χ0v) is 12.6. The predicted molar refractivity (Wildman–Crippen MR) is 80.9 cm³/mol. The number of rotatable bonds is 4. The van der Waals surface area contributed by atoms with E-state index >= 15 is 0 Å². The van der Waals surface area contributed by atoms with Gasteiger partial charge in [0, 0.05) is 5.69 Å². The number of phenolic OH excluding ortho intramolecular Hbond substituents is 1. The predicted octanol–water partition coefficient (Wildman–Crippen LogP) is 1.29. The topological polar surface area (TPSA) is 161 Å². The van der Waals surface area contributed by atoms with Crippen molar-refractivity contribution in [3.05, 3.63) is 47.5 Å². The summed E-state index contributed by atoms with van der Waals surface area (Å²) in [7, 11) is -4.37. The Hall–Kier alpha value is -3.11. The number of amides is 1. The number of nitrogens with one attached hydrogen (secondary N) is 1. The maximum absolute atomic E-state index is 12.1. The van der Waals surface area contributed by atoms with E-state index in [0.29, 0.717) is 0 Å². The number of carboxylic acid groups (broad SMARTS) is 1. The van der Waals surface area contributed by atoms with Crippen molar-refractivity contribution in [1.29, 1.82) is 0 Å². The van der Waals surface area contributed by atoms with Crippen LogP contribution < -0.4 is 5.32 Å². The van der Waals surface area contributed by atoms with Crippen LogP contribution in [0.15, 0.2) is 41.3 Å². The minimum Gasteiger partial charge on any atom is -0.507 e. The van der Waals surface area contributed by atoms with Crippen molar-refractivity contribution in [2.75, 3.05) is 5.32 Å². The normalized spacial score (nSPS) is 11.0. The highest BCUT2D eigenvalue weighted by Crippen LogP contribution is 2.28. The Labute approximate surface area is 135 Å². The van der Waals surface area contributed by atoms with Crippen LogP contribution in [0.2, 0.25) is 0 Å². The van der Waals surface area contributed by atoms with Gasteiger partial charge in [-0.2, -0.15) is 8.42 Å². The highest BCUT2D eigenvalue weighted by atomic mass is 32.2. The number of carboxylic acids is 1. The average molecular weight is 353 g/mol. The fourth-order valence-corrected chi connectivity index (χ4v) is 2.32. The third-order valence-corrected chi connectivity index (χ3v) is 3.87. The second kappa shape index (κ2) is 6.18. The van der Waals surface area contributed by atoms with Gasteiger partial charge in [0.1, 0.15) is 17.1 Å². The third-order valence-electron chi connectivity index (χ3n) is 3.00. The standard InChI is InChI=1S/C14H11NO8S/c16-11-6-10(14(19)20)12(17)5-9(11)13(18)15-7-1-3-8(4-2-7)24(21,22)23/h1-6,16-17H,(H,15,18)(H,19,20)(H,21,22,23). The van der Waals surface area contributed by atoms with Crippen LogP contribution >= 0.6 is 0 Å². The lowest BCUT2D eigenvalue weighted by Gasteiger charge is -2.09. The lowest BCUT2D eigenvalue weighted by molar-refractivity contribution is 0.0692. The van der Waals surface area contributed by atoms with Gasteiger partial charge in [0.25, 0.3) is 16.0 Å². The van der Waals surface area contributed by atoms with Gasteiger partial charge in [-0.15, -0.1) is 0 Å². The van der Waals surface area contributed by atoms with Crippen molar-refractivity contribution in [1.82, 2.24) is 0 Å². The highest BCUT2D eigenvalue weighted by Gasteiger charge is 2.19. The maximum Gasteiger partial charge on any atom is 0.339 e. The van der Waals surface area contributed by atoms with Crippen LogP contribution in [0.25, 0.3) is 0 Å². The molecule has 2 aromatic rings. The van der Waals surface area contributed by atoms with Gasteiger partial charge in [0.15, 0.2) is 0 Å². The number of anilines is 1. The van der Waals surface area contributed by atoms with E-state index in [-0.39, 0.29) is 16.1 Å². The molecule has 2 rings (SSSR count). The molecular formula is C14H11NO8S. The average Bonchev–Trinajstić information content (AvgIpc) is 2.48. The first-order chi connectivity index (χ1) is 11.1.